The summed E-state index contributed by atoms with van der Waals surface area (Å²) in [5, 5.41) is 12.2. The molecular weight excluding hydrogens is 323 g/mol. The number of pyridine rings is 1. The second-order valence-corrected chi connectivity index (χ2v) is 5.00. The molecule has 2 N–H and O–H groups in total. The Hall–Kier alpha value is -2.58. The van der Waals surface area contributed by atoms with Gasteiger partial charge in [0.1, 0.15) is 5.75 Å². The van der Waals surface area contributed by atoms with E-state index < -0.39 is 5.82 Å². The highest BCUT2D eigenvalue weighted by Gasteiger charge is 2.09. The van der Waals surface area contributed by atoms with Gasteiger partial charge in [-0.05, 0) is 35.5 Å². The molecule has 2 heterocycles. The summed E-state index contributed by atoms with van der Waals surface area (Å²) in [5.41, 5.74) is 6.19. The van der Waals surface area contributed by atoms with Gasteiger partial charge in [0.05, 0.1) is 11.6 Å². The number of hydrogen-bond acceptors (Lipinski definition) is 6. The molecule has 0 bridgehead atoms. The molecule has 0 fully saturated rings. The van der Waals surface area contributed by atoms with E-state index in [2.05, 4.69) is 20.4 Å². The van der Waals surface area contributed by atoms with Crippen LogP contribution in [0.4, 0.5) is 4.39 Å². The van der Waals surface area contributed by atoms with E-state index in [0.29, 0.717) is 24.7 Å². The van der Waals surface area contributed by atoms with Gasteiger partial charge in [0.15, 0.2) is 5.82 Å². The Morgan fingerprint density at radius 2 is 2.04 bits per heavy atom. The van der Waals surface area contributed by atoms with E-state index >= 15 is 0 Å². The van der Waals surface area contributed by atoms with Crippen molar-refractivity contribution >= 4 is 11.6 Å². The SMILES string of the molecule is NCCn1nnc(-c2ccc(Oc3ncc(Cl)cc3F)cc2)n1. The van der Waals surface area contributed by atoms with Gasteiger partial charge in [-0.15, -0.1) is 10.2 Å². The minimum absolute atomic E-state index is 0.144. The lowest BCUT2D eigenvalue weighted by Gasteiger charge is -2.06. The van der Waals surface area contributed by atoms with Crippen molar-refractivity contribution in [1.29, 1.82) is 0 Å². The number of nitrogens with zero attached hydrogens (tertiary/aromatic N) is 5. The van der Waals surface area contributed by atoms with Crippen LogP contribution in [0.3, 0.4) is 0 Å². The van der Waals surface area contributed by atoms with Crippen LogP contribution in [-0.4, -0.2) is 31.7 Å². The maximum absolute atomic E-state index is 13.6. The van der Waals surface area contributed by atoms with E-state index in [4.69, 9.17) is 22.1 Å². The molecule has 0 amide bonds. The summed E-state index contributed by atoms with van der Waals surface area (Å²) in [6, 6.07) is 7.95. The number of benzene rings is 1. The average Bonchev–Trinajstić information content (AvgIpc) is 3.00. The molecule has 3 rings (SSSR count). The van der Waals surface area contributed by atoms with E-state index in [1.54, 1.807) is 24.3 Å². The minimum atomic E-state index is -0.632. The summed E-state index contributed by atoms with van der Waals surface area (Å²) < 4.78 is 19.0. The quantitative estimate of drug-likeness (QED) is 0.769. The molecule has 0 saturated heterocycles. The molecule has 0 atom stereocenters. The van der Waals surface area contributed by atoms with Crippen LogP contribution in [0.15, 0.2) is 36.5 Å². The average molecular weight is 335 g/mol. The number of tetrazole rings is 1. The molecular formula is C14H12ClFN6O. The lowest BCUT2D eigenvalue weighted by Crippen LogP contribution is -2.12. The molecule has 118 valence electrons. The van der Waals surface area contributed by atoms with E-state index in [1.165, 1.54) is 11.0 Å². The number of nitrogens with two attached hydrogens (primary N) is 1. The van der Waals surface area contributed by atoms with Crippen molar-refractivity contribution in [2.45, 2.75) is 6.54 Å². The van der Waals surface area contributed by atoms with Crippen molar-refractivity contribution in [3.8, 4) is 23.0 Å². The normalized spacial score (nSPS) is 10.7. The maximum atomic E-state index is 13.6. The van der Waals surface area contributed by atoms with E-state index in [-0.39, 0.29) is 10.9 Å². The fraction of sp³-hybridized carbons (Fsp3) is 0.143. The number of halogens is 2. The highest BCUT2D eigenvalue weighted by Crippen LogP contribution is 2.25. The number of hydrogen-bond donors (Lipinski definition) is 1. The fourth-order valence-corrected chi connectivity index (χ4v) is 1.97. The molecule has 0 aliphatic rings. The zero-order valence-electron chi connectivity index (χ0n) is 11.9. The first-order valence-corrected chi connectivity index (χ1v) is 7.11. The summed E-state index contributed by atoms with van der Waals surface area (Å²) in [4.78, 5) is 5.22. The predicted molar refractivity (Wildman–Crippen MR) is 81.6 cm³/mol. The zero-order valence-corrected chi connectivity index (χ0v) is 12.6. The van der Waals surface area contributed by atoms with Crippen molar-refractivity contribution in [3.05, 3.63) is 47.4 Å². The van der Waals surface area contributed by atoms with Crippen LogP contribution < -0.4 is 10.5 Å². The van der Waals surface area contributed by atoms with E-state index in [0.717, 1.165) is 11.6 Å². The topological polar surface area (TPSA) is 91.7 Å². The minimum Gasteiger partial charge on any atom is -0.436 e. The van der Waals surface area contributed by atoms with Crippen molar-refractivity contribution in [2.75, 3.05) is 6.54 Å². The van der Waals surface area contributed by atoms with Gasteiger partial charge in [0.25, 0.3) is 5.88 Å². The molecule has 7 nitrogen and oxygen atoms in total. The smallest absolute Gasteiger partial charge is 0.255 e. The van der Waals surface area contributed by atoms with Gasteiger partial charge in [-0.25, -0.2) is 9.37 Å². The Kier molecular flexibility index (Phi) is 4.45. The summed E-state index contributed by atoms with van der Waals surface area (Å²) >= 11 is 5.65. The third-order valence-electron chi connectivity index (χ3n) is 2.88. The van der Waals surface area contributed by atoms with Gasteiger partial charge in [-0.2, -0.15) is 4.80 Å². The predicted octanol–water partition coefficient (Wildman–Crippen LogP) is 2.28. The summed E-state index contributed by atoms with van der Waals surface area (Å²) in [5.74, 6) is 0.125. The Bertz CT molecular complexity index is 807. The zero-order chi connectivity index (χ0) is 16.2. The van der Waals surface area contributed by atoms with Gasteiger partial charge in [0.2, 0.25) is 5.82 Å². The monoisotopic (exact) mass is 334 g/mol. The number of rotatable bonds is 5. The first-order chi connectivity index (χ1) is 11.2. The van der Waals surface area contributed by atoms with Gasteiger partial charge in [0, 0.05) is 18.3 Å². The second-order valence-electron chi connectivity index (χ2n) is 4.56. The summed E-state index contributed by atoms with van der Waals surface area (Å²) in [7, 11) is 0. The van der Waals surface area contributed by atoms with Gasteiger partial charge in [-0.1, -0.05) is 11.6 Å². The van der Waals surface area contributed by atoms with Gasteiger partial charge >= 0.3 is 0 Å². The number of aromatic nitrogens is 5. The third kappa shape index (κ3) is 3.61. The lowest BCUT2D eigenvalue weighted by atomic mass is 10.2. The van der Waals surface area contributed by atoms with Gasteiger partial charge < -0.3 is 10.5 Å². The Labute approximate surface area is 135 Å². The fourth-order valence-electron chi connectivity index (χ4n) is 1.83. The van der Waals surface area contributed by atoms with Crippen LogP contribution in [0.1, 0.15) is 0 Å². The van der Waals surface area contributed by atoms with Crippen LogP contribution in [0, 0.1) is 5.82 Å². The van der Waals surface area contributed by atoms with Crippen molar-refractivity contribution in [3.63, 3.8) is 0 Å². The molecule has 0 radical (unpaired) electrons. The van der Waals surface area contributed by atoms with Crippen molar-refractivity contribution in [1.82, 2.24) is 25.2 Å². The molecule has 0 unspecified atom stereocenters. The van der Waals surface area contributed by atoms with Crippen molar-refractivity contribution < 1.29 is 9.13 Å². The van der Waals surface area contributed by atoms with Crippen LogP contribution in [0.5, 0.6) is 11.6 Å². The van der Waals surface area contributed by atoms with Crippen LogP contribution in [0.25, 0.3) is 11.4 Å². The molecule has 23 heavy (non-hydrogen) atoms. The lowest BCUT2D eigenvalue weighted by molar-refractivity contribution is 0.423. The van der Waals surface area contributed by atoms with E-state index in [1.807, 2.05) is 0 Å². The molecule has 3 aromatic rings. The Balaban J connectivity index is 1.76. The summed E-state index contributed by atoms with van der Waals surface area (Å²) in [6.07, 6.45) is 1.31. The highest BCUT2D eigenvalue weighted by molar-refractivity contribution is 6.30. The van der Waals surface area contributed by atoms with Crippen molar-refractivity contribution in [2.24, 2.45) is 5.73 Å². The largest absolute Gasteiger partial charge is 0.436 e. The highest BCUT2D eigenvalue weighted by atomic mass is 35.5. The van der Waals surface area contributed by atoms with E-state index in [9.17, 15) is 4.39 Å². The third-order valence-corrected chi connectivity index (χ3v) is 3.09. The van der Waals surface area contributed by atoms with Gasteiger partial charge in [-0.3, -0.25) is 0 Å². The Morgan fingerprint density at radius 3 is 2.74 bits per heavy atom. The maximum Gasteiger partial charge on any atom is 0.255 e. The molecule has 9 heteroatoms. The van der Waals surface area contributed by atoms with Crippen LogP contribution in [-0.2, 0) is 6.54 Å². The van der Waals surface area contributed by atoms with Crippen LogP contribution in [0.2, 0.25) is 5.02 Å². The molecule has 1 aromatic carbocycles. The van der Waals surface area contributed by atoms with Crippen LogP contribution >= 0.6 is 11.6 Å². The molecule has 0 aliphatic carbocycles. The molecule has 0 saturated carbocycles. The first kappa shape index (κ1) is 15.3. The molecule has 0 aliphatic heterocycles. The Morgan fingerprint density at radius 1 is 1.26 bits per heavy atom. The molecule has 0 spiro atoms. The molecule has 2 aromatic heterocycles. The standard InChI is InChI=1S/C14H12ClFN6O/c15-10-7-12(16)14(18-8-10)23-11-3-1-9(2-4-11)13-19-21-22(20-13)6-5-17/h1-4,7-8H,5-6,17H2. The first-order valence-electron chi connectivity index (χ1n) is 6.73. The second kappa shape index (κ2) is 6.67. The summed E-state index contributed by atoms with van der Waals surface area (Å²) in [6.45, 7) is 0.929. The number of ether oxygens (including phenoxy) is 1.